The maximum Gasteiger partial charge on any atom is 0.249 e. The molecular weight excluding hydrogens is 264 g/mol. The molecule has 1 aromatic rings. The minimum Gasteiger partial charge on any atom is -0.344 e. The summed E-state index contributed by atoms with van der Waals surface area (Å²) >= 11 is 0. The normalized spacial score (nSPS) is 21.0. The van der Waals surface area contributed by atoms with Crippen molar-refractivity contribution in [2.75, 3.05) is 11.4 Å². The predicted octanol–water partition coefficient (Wildman–Crippen LogP) is 2.57. The van der Waals surface area contributed by atoms with Crippen LogP contribution in [0.2, 0.25) is 0 Å². The van der Waals surface area contributed by atoms with Gasteiger partial charge in [0.05, 0.1) is 0 Å². The fraction of sp³-hybridized carbons (Fsp3) is 0.529. The third kappa shape index (κ3) is 3.43. The molecule has 4 nitrogen and oxygen atoms in total. The lowest BCUT2D eigenvalue weighted by Crippen LogP contribution is -2.48. The van der Waals surface area contributed by atoms with Crippen molar-refractivity contribution in [2.24, 2.45) is 5.92 Å². The van der Waals surface area contributed by atoms with Crippen LogP contribution >= 0.6 is 0 Å². The Morgan fingerprint density at radius 3 is 2.43 bits per heavy atom. The molecule has 114 valence electrons. The molecule has 2 atom stereocenters. The van der Waals surface area contributed by atoms with Gasteiger partial charge in [0.2, 0.25) is 11.8 Å². The molecule has 0 bridgehead atoms. The Morgan fingerprint density at radius 1 is 1.24 bits per heavy atom. The van der Waals surface area contributed by atoms with E-state index in [4.69, 9.17) is 0 Å². The molecule has 1 fully saturated rings. The first-order valence-corrected chi connectivity index (χ1v) is 7.61. The Bertz CT molecular complexity index is 533. The number of carbonyl (C=O) groups is 2. The van der Waals surface area contributed by atoms with E-state index in [-0.39, 0.29) is 17.7 Å². The summed E-state index contributed by atoms with van der Waals surface area (Å²) in [4.78, 5) is 26.5. The SMILES string of the molecule is CCC(C)C1NC(=O)CCN(c2cc(C)cc(C)c2)C1=O. The maximum absolute atomic E-state index is 12.8. The molecule has 0 radical (unpaired) electrons. The Kier molecular flexibility index (Phi) is 4.66. The number of rotatable bonds is 3. The number of hydrogen-bond acceptors (Lipinski definition) is 2. The van der Waals surface area contributed by atoms with Crippen LogP contribution in [-0.4, -0.2) is 24.4 Å². The lowest BCUT2D eigenvalue weighted by molar-refractivity contribution is -0.126. The Labute approximate surface area is 126 Å². The number of nitrogens with one attached hydrogen (secondary N) is 1. The first kappa shape index (κ1) is 15.5. The lowest BCUT2D eigenvalue weighted by atomic mass is 9.98. The second kappa shape index (κ2) is 6.29. The van der Waals surface area contributed by atoms with Crippen molar-refractivity contribution in [1.29, 1.82) is 0 Å². The van der Waals surface area contributed by atoms with Gasteiger partial charge in [-0.25, -0.2) is 0 Å². The molecule has 1 aromatic carbocycles. The van der Waals surface area contributed by atoms with Crippen molar-refractivity contribution >= 4 is 17.5 Å². The highest BCUT2D eigenvalue weighted by molar-refractivity contribution is 6.01. The van der Waals surface area contributed by atoms with Gasteiger partial charge in [0.25, 0.3) is 0 Å². The van der Waals surface area contributed by atoms with Crippen LogP contribution in [0.1, 0.15) is 37.8 Å². The Morgan fingerprint density at radius 2 is 1.86 bits per heavy atom. The van der Waals surface area contributed by atoms with Gasteiger partial charge in [-0.05, 0) is 43.0 Å². The topological polar surface area (TPSA) is 49.4 Å². The summed E-state index contributed by atoms with van der Waals surface area (Å²) in [6.07, 6.45) is 1.21. The number of hydrogen-bond donors (Lipinski definition) is 1. The van der Waals surface area contributed by atoms with Gasteiger partial charge in [0.1, 0.15) is 6.04 Å². The smallest absolute Gasteiger partial charge is 0.249 e. The van der Waals surface area contributed by atoms with E-state index >= 15 is 0 Å². The van der Waals surface area contributed by atoms with E-state index in [1.54, 1.807) is 4.90 Å². The summed E-state index contributed by atoms with van der Waals surface area (Å²) < 4.78 is 0. The molecule has 0 saturated carbocycles. The van der Waals surface area contributed by atoms with E-state index in [0.717, 1.165) is 23.2 Å². The van der Waals surface area contributed by atoms with E-state index in [2.05, 4.69) is 11.4 Å². The largest absolute Gasteiger partial charge is 0.344 e. The molecule has 1 N–H and O–H groups in total. The van der Waals surface area contributed by atoms with Crippen LogP contribution in [0.3, 0.4) is 0 Å². The zero-order chi connectivity index (χ0) is 15.6. The fourth-order valence-electron chi connectivity index (χ4n) is 2.78. The fourth-order valence-corrected chi connectivity index (χ4v) is 2.78. The maximum atomic E-state index is 12.8. The van der Waals surface area contributed by atoms with Crippen LogP contribution in [0.15, 0.2) is 18.2 Å². The van der Waals surface area contributed by atoms with E-state index in [9.17, 15) is 9.59 Å². The van der Waals surface area contributed by atoms with E-state index in [1.165, 1.54) is 0 Å². The monoisotopic (exact) mass is 288 g/mol. The van der Waals surface area contributed by atoms with Gasteiger partial charge in [-0.15, -0.1) is 0 Å². The number of carbonyl (C=O) groups excluding carboxylic acids is 2. The van der Waals surface area contributed by atoms with E-state index in [0.29, 0.717) is 13.0 Å². The summed E-state index contributed by atoms with van der Waals surface area (Å²) in [5.41, 5.74) is 3.14. The highest BCUT2D eigenvalue weighted by atomic mass is 16.2. The van der Waals surface area contributed by atoms with Gasteiger partial charge in [-0.2, -0.15) is 0 Å². The lowest BCUT2D eigenvalue weighted by Gasteiger charge is -2.27. The molecule has 2 amide bonds. The van der Waals surface area contributed by atoms with Crippen molar-refractivity contribution in [3.8, 4) is 0 Å². The first-order valence-electron chi connectivity index (χ1n) is 7.61. The predicted molar refractivity (Wildman–Crippen MR) is 84.3 cm³/mol. The molecule has 0 spiro atoms. The molecule has 1 aliphatic rings. The molecule has 0 aliphatic carbocycles. The van der Waals surface area contributed by atoms with Gasteiger partial charge >= 0.3 is 0 Å². The van der Waals surface area contributed by atoms with E-state index in [1.807, 2.05) is 39.8 Å². The molecule has 2 rings (SSSR count). The average molecular weight is 288 g/mol. The zero-order valence-corrected chi connectivity index (χ0v) is 13.3. The van der Waals surface area contributed by atoms with Crippen molar-refractivity contribution in [2.45, 2.75) is 46.6 Å². The minimum absolute atomic E-state index is 0.000185. The van der Waals surface area contributed by atoms with Crippen LogP contribution in [0, 0.1) is 19.8 Å². The molecule has 21 heavy (non-hydrogen) atoms. The first-order chi connectivity index (χ1) is 9.92. The molecule has 1 heterocycles. The molecule has 2 unspecified atom stereocenters. The Hall–Kier alpha value is -1.84. The van der Waals surface area contributed by atoms with Crippen LogP contribution in [-0.2, 0) is 9.59 Å². The summed E-state index contributed by atoms with van der Waals surface area (Å²) in [6, 6.07) is 5.68. The summed E-state index contributed by atoms with van der Waals surface area (Å²) in [5, 5.41) is 2.88. The van der Waals surface area contributed by atoms with Crippen LogP contribution < -0.4 is 10.2 Å². The second-order valence-electron chi connectivity index (χ2n) is 6.02. The standard InChI is InChI=1S/C17H24N2O2/c1-5-13(4)16-17(21)19(7-6-15(20)18-16)14-9-11(2)8-12(3)10-14/h8-10,13,16H,5-7H2,1-4H3,(H,18,20). The van der Waals surface area contributed by atoms with Crippen molar-refractivity contribution in [1.82, 2.24) is 5.32 Å². The van der Waals surface area contributed by atoms with Crippen LogP contribution in [0.4, 0.5) is 5.69 Å². The zero-order valence-electron chi connectivity index (χ0n) is 13.3. The van der Waals surface area contributed by atoms with Crippen molar-refractivity contribution in [3.63, 3.8) is 0 Å². The van der Waals surface area contributed by atoms with Gasteiger partial charge < -0.3 is 10.2 Å². The van der Waals surface area contributed by atoms with Gasteiger partial charge in [0.15, 0.2) is 0 Å². The van der Waals surface area contributed by atoms with Gasteiger partial charge in [0, 0.05) is 18.7 Å². The summed E-state index contributed by atoms with van der Waals surface area (Å²) in [5.74, 6) is 0.0914. The third-order valence-corrected chi connectivity index (χ3v) is 4.14. The van der Waals surface area contributed by atoms with Crippen molar-refractivity contribution < 1.29 is 9.59 Å². The average Bonchev–Trinajstić information content (AvgIpc) is 2.56. The van der Waals surface area contributed by atoms with Crippen molar-refractivity contribution in [3.05, 3.63) is 29.3 Å². The Balaban J connectivity index is 2.37. The molecule has 1 saturated heterocycles. The molecule has 1 aliphatic heterocycles. The second-order valence-corrected chi connectivity index (χ2v) is 6.02. The van der Waals surface area contributed by atoms with Gasteiger partial charge in [-0.1, -0.05) is 26.3 Å². The number of nitrogens with zero attached hydrogens (tertiary/aromatic N) is 1. The third-order valence-electron chi connectivity index (χ3n) is 4.14. The number of amides is 2. The highest BCUT2D eigenvalue weighted by Gasteiger charge is 2.33. The van der Waals surface area contributed by atoms with Crippen LogP contribution in [0.5, 0.6) is 0 Å². The van der Waals surface area contributed by atoms with E-state index < -0.39 is 6.04 Å². The summed E-state index contributed by atoms with van der Waals surface area (Å²) in [6.45, 7) is 8.53. The minimum atomic E-state index is -0.425. The number of aryl methyl sites for hydroxylation is 2. The van der Waals surface area contributed by atoms with Crippen LogP contribution in [0.25, 0.3) is 0 Å². The molecule has 0 aromatic heterocycles. The summed E-state index contributed by atoms with van der Waals surface area (Å²) in [7, 11) is 0. The van der Waals surface area contributed by atoms with Gasteiger partial charge in [-0.3, -0.25) is 9.59 Å². The number of anilines is 1. The quantitative estimate of drug-likeness (QED) is 0.929. The molecule has 4 heteroatoms. The number of benzene rings is 1. The highest BCUT2D eigenvalue weighted by Crippen LogP contribution is 2.23. The molecular formula is C17H24N2O2.